The first-order valence-corrected chi connectivity index (χ1v) is 8.29. The summed E-state index contributed by atoms with van der Waals surface area (Å²) in [4.78, 5) is 28.4. The molecule has 2 fully saturated rings. The molecule has 0 radical (unpaired) electrons. The van der Waals surface area contributed by atoms with Crippen molar-refractivity contribution in [3.05, 3.63) is 0 Å². The van der Waals surface area contributed by atoms with E-state index in [-0.39, 0.29) is 18.0 Å². The van der Waals surface area contributed by atoms with Crippen molar-refractivity contribution < 1.29 is 19.1 Å². The largest absolute Gasteiger partial charge is 0.444 e. The fourth-order valence-electron chi connectivity index (χ4n) is 3.07. The molecule has 23 heavy (non-hydrogen) atoms. The average molecular weight is 327 g/mol. The van der Waals surface area contributed by atoms with Crippen LogP contribution < -0.4 is 5.73 Å². The van der Waals surface area contributed by atoms with E-state index in [0.29, 0.717) is 32.8 Å². The molecule has 2 heterocycles. The number of piperazine rings is 1. The predicted octanol–water partition coefficient (Wildman–Crippen LogP) is 0.962. The summed E-state index contributed by atoms with van der Waals surface area (Å²) in [7, 11) is 0. The Balaban J connectivity index is 2.01. The van der Waals surface area contributed by atoms with Crippen LogP contribution in [0.1, 0.15) is 40.5 Å². The lowest BCUT2D eigenvalue weighted by Gasteiger charge is -2.43. The summed E-state index contributed by atoms with van der Waals surface area (Å²) in [6, 6.07) is -0.204. The highest BCUT2D eigenvalue weighted by molar-refractivity contribution is 5.85. The van der Waals surface area contributed by atoms with E-state index in [1.54, 1.807) is 9.80 Å². The first kappa shape index (κ1) is 18.0. The minimum atomic E-state index is -0.749. The average Bonchev–Trinajstić information content (AvgIpc) is 2.92. The van der Waals surface area contributed by atoms with E-state index >= 15 is 0 Å². The normalized spacial score (nSPS) is 28.8. The van der Waals surface area contributed by atoms with Crippen molar-refractivity contribution in [2.75, 3.05) is 32.8 Å². The fourth-order valence-corrected chi connectivity index (χ4v) is 3.07. The zero-order chi connectivity index (χ0) is 17.3. The molecule has 0 aromatic rings. The molecule has 0 bridgehead atoms. The molecule has 0 aromatic carbocycles. The zero-order valence-electron chi connectivity index (χ0n) is 14.6. The minimum Gasteiger partial charge on any atom is -0.444 e. The van der Waals surface area contributed by atoms with Crippen molar-refractivity contribution in [3.63, 3.8) is 0 Å². The van der Waals surface area contributed by atoms with Gasteiger partial charge in [0.15, 0.2) is 0 Å². The Labute approximate surface area is 138 Å². The molecule has 2 unspecified atom stereocenters. The molecule has 2 amide bonds. The molecule has 0 aliphatic carbocycles. The van der Waals surface area contributed by atoms with Crippen LogP contribution in [0, 0.1) is 0 Å². The van der Waals surface area contributed by atoms with Gasteiger partial charge in [0, 0.05) is 32.8 Å². The van der Waals surface area contributed by atoms with Crippen LogP contribution in [0.25, 0.3) is 0 Å². The molecule has 2 saturated heterocycles. The zero-order valence-corrected chi connectivity index (χ0v) is 14.6. The Bertz CT molecular complexity index is 455. The van der Waals surface area contributed by atoms with Gasteiger partial charge in [0.1, 0.15) is 11.2 Å². The maximum Gasteiger partial charge on any atom is 0.410 e. The van der Waals surface area contributed by atoms with Gasteiger partial charge in [-0.3, -0.25) is 4.79 Å². The predicted molar refractivity (Wildman–Crippen MR) is 86.0 cm³/mol. The number of amides is 2. The van der Waals surface area contributed by atoms with Crippen molar-refractivity contribution in [2.45, 2.75) is 57.8 Å². The monoisotopic (exact) mass is 327 g/mol. The van der Waals surface area contributed by atoms with Gasteiger partial charge in [-0.1, -0.05) is 0 Å². The molecule has 7 nitrogen and oxygen atoms in total. The molecule has 7 heteroatoms. The quantitative estimate of drug-likeness (QED) is 0.816. The van der Waals surface area contributed by atoms with Crippen LogP contribution in [0.15, 0.2) is 0 Å². The maximum absolute atomic E-state index is 12.8. The Morgan fingerprint density at radius 1 is 1.35 bits per heavy atom. The van der Waals surface area contributed by atoms with Crippen molar-refractivity contribution >= 4 is 12.0 Å². The SMILES string of the molecule is CC(C)(C)OC(=O)N1CCN(C(=O)C2(C)CCCO2)C(CN)C1. The van der Waals surface area contributed by atoms with E-state index in [0.717, 1.165) is 12.8 Å². The third-order valence-corrected chi connectivity index (χ3v) is 4.34. The lowest BCUT2D eigenvalue weighted by atomic mass is 9.99. The Morgan fingerprint density at radius 2 is 2.04 bits per heavy atom. The Morgan fingerprint density at radius 3 is 2.57 bits per heavy atom. The highest BCUT2D eigenvalue weighted by Gasteiger charge is 2.44. The van der Waals surface area contributed by atoms with Gasteiger partial charge in [-0.25, -0.2) is 4.79 Å². The Kier molecular flexibility index (Phi) is 5.20. The first-order valence-electron chi connectivity index (χ1n) is 8.29. The van der Waals surface area contributed by atoms with Gasteiger partial charge in [-0.15, -0.1) is 0 Å². The van der Waals surface area contributed by atoms with E-state index in [1.165, 1.54) is 0 Å². The van der Waals surface area contributed by atoms with Crippen LogP contribution in [0.2, 0.25) is 0 Å². The van der Waals surface area contributed by atoms with Gasteiger partial charge >= 0.3 is 6.09 Å². The molecule has 132 valence electrons. The fraction of sp³-hybridized carbons (Fsp3) is 0.875. The first-order chi connectivity index (χ1) is 10.7. The van der Waals surface area contributed by atoms with Gasteiger partial charge in [0.25, 0.3) is 5.91 Å². The maximum atomic E-state index is 12.8. The summed E-state index contributed by atoms with van der Waals surface area (Å²) in [5, 5.41) is 0. The lowest BCUT2D eigenvalue weighted by molar-refractivity contribution is -0.155. The third-order valence-electron chi connectivity index (χ3n) is 4.34. The highest BCUT2D eigenvalue weighted by Crippen LogP contribution is 2.29. The Hall–Kier alpha value is -1.34. The van der Waals surface area contributed by atoms with Crippen LogP contribution >= 0.6 is 0 Å². The summed E-state index contributed by atoms with van der Waals surface area (Å²) >= 11 is 0. The summed E-state index contributed by atoms with van der Waals surface area (Å²) in [5.74, 6) is -0.0192. The van der Waals surface area contributed by atoms with Gasteiger partial charge in [-0.2, -0.15) is 0 Å². The smallest absolute Gasteiger partial charge is 0.410 e. The van der Waals surface area contributed by atoms with E-state index in [4.69, 9.17) is 15.2 Å². The van der Waals surface area contributed by atoms with Crippen molar-refractivity contribution in [1.29, 1.82) is 0 Å². The second-order valence-electron chi connectivity index (χ2n) is 7.50. The second-order valence-corrected chi connectivity index (χ2v) is 7.50. The van der Waals surface area contributed by atoms with E-state index in [9.17, 15) is 9.59 Å². The second kappa shape index (κ2) is 6.65. The number of rotatable bonds is 2. The van der Waals surface area contributed by atoms with Crippen LogP contribution in [-0.2, 0) is 14.3 Å². The molecular formula is C16H29N3O4. The molecule has 2 aliphatic rings. The van der Waals surface area contributed by atoms with Crippen molar-refractivity contribution in [3.8, 4) is 0 Å². The van der Waals surface area contributed by atoms with E-state index in [2.05, 4.69) is 0 Å². The van der Waals surface area contributed by atoms with Gasteiger partial charge in [0.2, 0.25) is 0 Å². The molecule has 0 aromatic heterocycles. The molecular weight excluding hydrogens is 298 g/mol. The van der Waals surface area contributed by atoms with Crippen molar-refractivity contribution in [2.24, 2.45) is 5.73 Å². The third kappa shape index (κ3) is 4.14. The molecule has 2 N–H and O–H groups in total. The number of hydrogen-bond acceptors (Lipinski definition) is 5. The molecule has 2 aliphatic heterocycles. The van der Waals surface area contributed by atoms with Crippen LogP contribution in [0.5, 0.6) is 0 Å². The molecule has 0 spiro atoms. The summed E-state index contributed by atoms with van der Waals surface area (Å²) in [6.45, 7) is 9.58. The number of nitrogens with two attached hydrogens (primary N) is 1. The molecule has 0 saturated carbocycles. The van der Waals surface area contributed by atoms with Gasteiger partial charge in [0.05, 0.1) is 6.04 Å². The number of nitrogens with zero attached hydrogens (tertiary/aromatic N) is 2. The number of ether oxygens (including phenoxy) is 2. The van der Waals surface area contributed by atoms with Crippen LogP contribution in [0.4, 0.5) is 4.79 Å². The van der Waals surface area contributed by atoms with Gasteiger partial charge < -0.3 is 25.0 Å². The molecule has 2 atom stereocenters. The highest BCUT2D eigenvalue weighted by atomic mass is 16.6. The number of hydrogen-bond donors (Lipinski definition) is 1. The summed E-state index contributed by atoms with van der Waals surface area (Å²) < 4.78 is 11.1. The van der Waals surface area contributed by atoms with Crippen molar-refractivity contribution in [1.82, 2.24) is 9.80 Å². The van der Waals surface area contributed by atoms with Gasteiger partial charge in [-0.05, 0) is 40.5 Å². The topological polar surface area (TPSA) is 85.1 Å². The van der Waals surface area contributed by atoms with E-state index in [1.807, 2.05) is 27.7 Å². The summed E-state index contributed by atoms with van der Waals surface area (Å²) in [5.41, 5.74) is 4.57. The number of carbonyl (C=O) groups is 2. The van der Waals surface area contributed by atoms with E-state index < -0.39 is 11.2 Å². The molecule has 2 rings (SSSR count). The van der Waals surface area contributed by atoms with Crippen LogP contribution in [-0.4, -0.2) is 71.8 Å². The lowest BCUT2D eigenvalue weighted by Crippen LogP contribution is -2.62. The standard InChI is InChI=1S/C16H29N3O4/c1-15(2,3)23-14(21)18-7-8-19(12(10-17)11-18)13(20)16(4)6-5-9-22-16/h12H,5-11,17H2,1-4H3. The number of carbonyl (C=O) groups excluding carboxylic acids is 2. The van der Waals surface area contributed by atoms with Crippen LogP contribution in [0.3, 0.4) is 0 Å². The minimum absolute atomic E-state index is 0.0192. The summed E-state index contributed by atoms with van der Waals surface area (Å²) in [6.07, 6.45) is 1.27.